The summed E-state index contributed by atoms with van der Waals surface area (Å²) in [6.45, 7) is 1.90. The van der Waals surface area contributed by atoms with Crippen molar-refractivity contribution in [1.29, 1.82) is 0 Å². The molecule has 4 heteroatoms. The van der Waals surface area contributed by atoms with E-state index < -0.39 is 17.3 Å². The Morgan fingerprint density at radius 2 is 2.00 bits per heavy atom. The van der Waals surface area contributed by atoms with Crippen LogP contribution >= 0.6 is 0 Å². The summed E-state index contributed by atoms with van der Waals surface area (Å²) in [4.78, 5) is 0. The van der Waals surface area contributed by atoms with Gasteiger partial charge in [-0.05, 0) is 37.1 Å². The molecule has 13 heavy (non-hydrogen) atoms. The van der Waals surface area contributed by atoms with Gasteiger partial charge in [0, 0.05) is 0 Å². The average molecular weight is 185 g/mol. The van der Waals surface area contributed by atoms with E-state index in [9.17, 15) is 9.50 Å². The highest BCUT2D eigenvalue weighted by atomic mass is 19.1. The third-order valence-corrected chi connectivity index (χ3v) is 1.90. The summed E-state index contributed by atoms with van der Waals surface area (Å²) < 4.78 is 13.0. The van der Waals surface area contributed by atoms with E-state index in [1.807, 2.05) is 0 Å². The number of halogens is 1. The monoisotopic (exact) mass is 185 g/mol. The zero-order valence-electron chi connectivity index (χ0n) is 7.34. The maximum absolute atomic E-state index is 13.0. The van der Waals surface area contributed by atoms with E-state index in [2.05, 4.69) is 0 Å². The van der Waals surface area contributed by atoms with E-state index in [4.69, 9.17) is 10.8 Å². The summed E-state index contributed by atoms with van der Waals surface area (Å²) in [5, 5.41) is 18.4. The van der Waals surface area contributed by atoms with Crippen LogP contribution in [0.5, 0.6) is 11.5 Å². The van der Waals surface area contributed by atoms with Crippen molar-refractivity contribution in [2.24, 2.45) is 5.73 Å². The molecule has 1 rings (SSSR count). The Morgan fingerprint density at radius 1 is 1.38 bits per heavy atom. The zero-order valence-corrected chi connectivity index (χ0v) is 7.34. The molecule has 3 nitrogen and oxygen atoms in total. The van der Waals surface area contributed by atoms with Crippen LogP contribution in [0.25, 0.3) is 0 Å². The number of phenolic OH excluding ortho intramolecular Hbond substituents is 2. The first-order valence-electron chi connectivity index (χ1n) is 3.98. The van der Waals surface area contributed by atoms with Gasteiger partial charge < -0.3 is 15.9 Å². The van der Waals surface area contributed by atoms with Gasteiger partial charge in [0.05, 0.1) is 0 Å². The fourth-order valence-electron chi connectivity index (χ4n) is 1.17. The van der Waals surface area contributed by atoms with Crippen molar-refractivity contribution in [2.75, 3.05) is 6.54 Å². The lowest BCUT2D eigenvalue weighted by molar-refractivity contribution is 0.383. The van der Waals surface area contributed by atoms with E-state index in [0.717, 1.165) is 0 Å². The predicted octanol–water partition coefficient (Wildman–Crippen LogP) is 1.05. The van der Waals surface area contributed by atoms with Crippen LogP contribution in [-0.4, -0.2) is 16.8 Å². The van der Waals surface area contributed by atoms with Crippen molar-refractivity contribution >= 4 is 0 Å². The number of hydrogen-bond donors (Lipinski definition) is 3. The van der Waals surface area contributed by atoms with Crippen molar-refractivity contribution in [3.8, 4) is 11.5 Å². The molecule has 0 bridgehead atoms. The third kappa shape index (κ3) is 1.72. The number of aromatic hydroxyl groups is 2. The second-order valence-electron chi connectivity index (χ2n) is 2.90. The van der Waals surface area contributed by atoms with E-state index in [1.54, 1.807) is 6.92 Å². The summed E-state index contributed by atoms with van der Waals surface area (Å²) in [7, 11) is 0. The molecule has 0 fully saturated rings. The van der Waals surface area contributed by atoms with Gasteiger partial charge in [-0.15, -0.1) is 0 Å². The van der Waals surface area contributed by atoms with Crippen LogP contribution in [-0.2, 0) is 6.42 Å². The summed E-state index contributed by atoms with van der Waals surface area (Å²) in [6.07, 6.45) is 0.393. The van der Waals surface area contributed by atoms with Gasteiger partial charge in [0.15, 0.2) is 11.5 Å². The Morgan fingerprint density at radius 3 is 2.54 bits per heavy atom. The smallest absolute Gasteiger partial charge is 0.206 e. The highest BCUT2D eigenvalue weighted by Crippen LogP contribution is 2.31. The van der Waals surface area contributed by atoms with Crippen molar-refractivity contribution in [1.82, 2.24) is 0 Å². The van der Waals surface area contributed by atoms with Gasteiger partial charge in [-0.3, -0.25) is 0 Å². The summed E-state index contributed by atoms with van der Waals surface area (Å²) >= 11 is 0. The molecule has 0 saturated carbocycles. The quantitative estimate of drug-likeness (QED) is 0.645. The Kier molecular flexibility index (Phi) is 2.72. The molecule has 0 aliphatic rings. The van der Waals surface area contributed by atoms with E-state index >= 15 is 0 Å². The molecule has 0 radical (unpaired) electrons. The largest absolute Gasteiger partial charge is 0.505 e. The fourth-order valence-corrected chi connectivity index (χ4v) is 1.17. The SMILES string of the molecule is Cc1cc(CCN)c(O)c(F)c1O. The van der Waals surface area contributed by atoms with Crippen molar-refractivity contribution in [3.05, 3.63) is 23.0 Å². The van der Waals surface area contributed by atoms with Crippen LogP contribution in [0.3, 0.4) is 0 Å². The van der Waals surface area contributed by atoms with Gasteiger partial charge in [0.1, 0.15) is 0 Å². The van der Waals surface area contributed by atoms with Crippen molar-refractivity contribution in [2.45, 2.75) is 13.3 Å². The van der Waals surface area contributed by atoms with Gasteiger partial charge in [0.2, 0.25) is 5.82 Å². The van der Waals surface area contributed by atoms with Crippen LogP contribution in [0.15, 0.2) is 6.07 Å². The molecule has 72 valence electrons. The number of benzene rings is 1. The Hall–Kier alpha value is -1.29. The lowest BCUT2D eigenvalue weighted by Gasteiger charge is -2.07. The third-order valence-electron chi connectivity index (χ3n) is 1.90. The normalized spacial score (nSPS) is 10.4. The molecule has 1 aromatic carbocycles. The molecule has 4 N–H and O–H groups in total. The number of aryl methyl sites for hydroxylation is 1. The van der Waals surface area contributed by atoms with E-state index in [0.29, 0.717) is 24.1 Å². The standard InChI is InChI=1S/C9H12FNO2/c1-5-4-6(2-3-11)9(13)7(10)8(5)12/h4,12-13H,2-3,11H2,1H3. The summed E-state index contributed by atoms with van der Waals surface area (Å²) in [6, 6.07) is 1.53. The van der Waals surface area contributed by atoms with Gasteiger partial charge in [0.25, 0.3) is 0 Å². The molecule has 0 amide bonds. The molecule has 0 heterocycles. The molecule has 0 saturated heterocycles. The van der Waals surface area contributed by atoms with Crippen LogP contribution in [0.4, 0.5) is 4.39 Å². The minimum atomic E-state index is -0.969. The maximum Gasteiger partial charge on any atom is 0.206 e. The second kappa shape index (κ2) is 3.62. The second-order valence-corrected chi connectivity index (χ2v) is 2.90. The zero-order chi connectivity index (χ0) is 10.0. The summed E-state index contributed by atoms with van der Waals surface area (Å²) in [5.74, 6) is -1.98. The number of hydrogen-bond acceptors (Lipinski definition) is 3. The van der Waals surface area contributed by atoms with Crippen LogP contribution < -0.4 is 5.73 Å². The molecule has 0 aliphatic heterocycles. The lowest BCUT2D eigenvalue weighted by atomic mass is 10.1. The van der Waals surface area contributed by atoms with Gasteiger partial charge in [-0.25, -0.2) is 0 Å². The van der Waals surface area contributed by atoms with Gasteiger partial charge >= 0.3 is 0 Å². The topological polar surface area (TPSA) is 66.5 Å². The Labute approximate surface area is 75.6 Å². The van der Waals surface area contributed by atoms with Crippen LogP contribution in [0.2, 0.25) is 0 Å². The molecule has 0 aromatic heterocycles. The average Bonchev–Trinajstić information content (AvgIpc) is 2.11. The molecular weight excluding hydrogens is 173 g/mol. The van der Waals surface area contributed by atoms with Crippen molar-refractivity contribution < 1.29 is 14.6 Å². The van der Waals surface area contributed by atoms with E-state index in [1.165, 1.54) is 6.07 Å². The molecule has 0 spiro atoms. The molecule has 0 atom stereocenters. The first-order valence-corrected chi connectivity index (χ1v) is 3.98. The highest BCUT2D eigenvalue weighted by Gasteiger charge is 2.13. The van der Waals surface area contributed by atoms with Gasteiger partial charge in [-0.1, -0.05) is 0 Å². The number of phenols is 2. The number of nitrogens with two attached hydrogens (primary N) is 1. The molecule has 0 aliphatic carbocycles. The Balaban J connectivity index is 3.24. The Bertz CT molecular complexity index is 326. The molecule has 0 unspecified atom stereocenters. The summed E-state index contributed by atoms with van der Waals surface area (Å²) in [5.41, 5.74) is 6.10. The van der Waals surface area contributed by atoms with E-state index in [-0.39, 0.29) is 0 Å². The lowest BCUT2D eigenvalue weighted by Crippen LogP contribution is -2.04. The number of rotatable bonds is 2. The van der Waals surface area contributed by atoms with Crippen molar-refractivity contribution in [3.63, 3.8) is 0 Å². The minimum Gasteiger partial charge on any atom is -0.505 e. The van der Waals surface area contributed by atoms with Crippen LogP contribution in [0, 0.1) is 12.7 Å². The first-order chi connectivity index (χ1) is 6.07. The molecular formula is C9H12FNO2. The maximum atomic E-state index is 13.0. The first kappa shape index (κ1) is 9.80. The predicted molar refractivity (Wildman–Crippen MR) is 47.2 cm³/mol. The highest BCUT2D eigenvalue weighted by molar-refractivity contribution is 5.46. The van der Waals surface area contributed by atoms with Gasteiger partial charge in [-0.2, -0.15) is 4.39 Å². The molecule has 1 aromatic rings. The fraction of sp³-hybridized carbons (Fsp3) is 0.333. The van der Waals surface area contributed by atoms with Crippen LogP contribution in [0.1, 0.15) is 11.1 Å². The minimum absolute atomic E-state index is 0.331.